The summed E-state index contributed by atoms with van der Waals surface area (Å²) in [5.74, 6) is -2.82. The normalized spacial score (nSPS) is 10.2. The lowest BCUT2D eigenvalue weighted by Gasteiger charge is -2.17. The third-order valence-corrected chi connectivity index (χ3v) is 3.67. The molecular formula is C18H16ClFN2O5. The zero-order chi connectivity index (χ0) is 20.0. The zero-order valence-corrected chi connectivity index (χ0v) is 15.0. The molecule has 2 N–H and O–H groups in total. The van der Waals surface area contributed by atoms with Crippen molar-refractivity contribution >= 4 is 35.1 Å². The number of ether oxygens (including phenoxy) is 1. The van der Waals surface area contributed by atoms with Gasteiger partial charge in [-0.2, -0.15) is 0 Å². The van der Waals surface area contributed by atoms with E-state index in [2.05, 4.69) is 5.32 Å². The first-order valence-electron chi connectivity index (χ1n) is 7.71. The number of nitrogens with one attached hydrogen (secondary N) is 1. The number of likely N-dealkylation sites (N-methyl/N-ethyl adjacent to an activating group) is 1. The van der Waals surface area contributed by atoms with Gasteiger partial charge in [0.2, 0.25) is 5.91 Å². The second-order valence-electron chi connectivity index (χ2n) is 5.54. The Labute approximate surface area is 159 Å². The Balaban J connectivity index is 1.84. The van der Waals surface area contributed by atoms with Crippen molar-refractivity contribution in [3.05, 3.63) is 58.9 Å². The summed E-state index contributed by atoms with van der Waals surface area (Å²) in [5.41, 5.74) is 0.206. The molecule has 2 aromatic rings. The fraction of sp³-hybridized carbons (Fsp3) is 0.167. The molecule has 0 radical (unpaired) electrons. The van der Waals surface area contributed by atoms with Gasteiger partial charge in [0.1, 0.15) is 17.1 Å². The molecule has 27 heavy (non-hydrogen) atoms. The van der Waals surface area contributed by atoms with Crippen LogP contribution in [0.1, 0.15) is 10.4 Å². The highest BCUT2D eigenvalue weighted by Gasteiger charge is 2.18. The highest BCUT2D eigenvalue weighted by molar-refractivity contribution is 6.31. The first-order valence-corrected chi connectivity index (χ1v) is 8.09. The Morgan fingerprint density at radius 3 is 2.52 bits per heavy atom. The number of rotatable bonds is 6. The number of phenolic OH excluding ortho intramolecular Hbond substituents is 1. The molecule has 0 bridgehead atoms. The summed E-state index contributed by atoms with van der Waals surface area (Å²) in [6, 6.07) is 8.98. The molecule has 2 rings (SSSR count). The molecule has 0 fully saturated rings. The Morgan fingerprint density at radius 2 is 1.85 bits per heavy atom. The third-order valence-electron chi connectivity index (χ3n) is 3.44. The summed E-state index contributed by atoms with van der Waals surface area (Å²) in [6.07, 6.45) is 0. The van der Waals surface area contributed by atoms with Crippen LogP contribution in [0.15, 0.2) is 42.5 Å². The molecule has 0 aromatic heterocycles. The largest absolute Gasteiger partial charge is 0.507 e. The number of hydrogen-bond donors (Lipinski definition) is 2. The van der Waals surface area contributed by atoms with Gasteiger partial charge in [-0.25, -0.2) is 9.18 Å². The maximum absolute atomic E-state index is 12.8. The lowest BCUT2D eigenvalue weighted by molar-refractivity contribution is -0.136. The molecule has 0 atom stereocenters. The summed E-state index contributed by atoms with van der Waals surface area (Å²) in [6.45, 7) is -0.915. The number of halogens is 2. The highest BCUT2D eigenvalue weighted by atomic mass is 35.5. The number of esters is 1. The van der Waals surface area contributed by atoms with Gasteiger partial charge in [-0.05, 0) is 42.5 Å². The van der Waals surface area contributed by atoms with E-state index in [9.17, 15) is 23.9 Å². The predicted octanol–water partition coefficient (Wildman–Crippen LogP) is 2.44. The molecule has 0 aliphatic rings. The van der Waals surface area contributed by atoms with Crippen LogP contribution in [0.5, 0.6) is 5.75 Å². The lowest BCUT2D eigenvalue weighted by Crippen LogP contribution is -2.37. The lowest BCUT2D eigenvalue weighted by atomic mass is 10.2. The summed E-state index contributed by atoms with van der Waals surface area (Å²) >= 11 is 5.75. The molecule has 0 aliphatic heterocycles. The van der Waals surface area contributed by atoms with Crippen LogP contribution in [0.25, 0.3) is 0 Å². The van der Waals surface area contributed by atoms with Crippen molar-refractivity contribution in [1.29, 1.82) is 0 Å². The number of anilines is 1. The number of nitrogens with zero attached hydrogens (tertiary/aromatic N) is 1. The minimum Gasteiger partial charge on any atom is -0.507 e. The minimum absolute atomic E-state index is 0.174. The first kappa shape index (κ1) is 20.2. The number of carbonyl (C=O) groups excluding carboxylic acids is 3. The molecule has 2 aromatic carbocycles. The van der Waals surface area contributed by atoms with Crippen LogP contribution < -0.4 is 5.32 Å². The van der Waals surface area contributed by atoms with Crippen molar-refractivity contribution in [1.82, 2.24) is 4.90 Å². The van der Waals surface area contributed by atoms with E-state index >= 15 is 0 Å². The van der Waals surface area contributed by atoms with Crippen molar-refractivity contribution in [3.8, 4) is 5.75 Å². The summed E-state index contributed by atoms with van der Waals surface area (Å²) in [4.78, 5) is 36.9. The fourth-order valence-corrected chi connectivity index (χ4v) is 2.20. The molecule has 7 nitrogen and oxygen atoms in total. The van der Waals surface area contributed by atoms with Gasteiger partial charge in [-0.1, -0.05) is 11.6 Å². The van der Waals surface area contributed by atoms with Crippen molar-refractivity contribution in [2.45, 2.75) is 0 Å². The molecular weight excluding hydrogens is 379 g/mol. The van der Waals surface area contributed by atoms with Gasteiger partial charge in [-0.3, -0.25) is 9.59 Å². The van der Waals surface area contributed by atoms with Crippen LogP contribution in [0.2, 0.25) is 5.02 Å². The van der Waals surface area contributed by atoms with Gasteiger partial charge in [0, 0.05) is 17.8 Å². The van der Waals surface area contributed by atoms with E-state index in [1.54, 1.807) is 0 Å². The van der Waals surface area contributed by atoms with Crippen molar-refractivity contribution in [2.24, 2.45) is 0 Å². The number of aromatic hydroxyl groups is 1. The molecule has 9 heteroatoms. The van der Waals surface area contributed by atoms with Gasteiger partial charge in [0.25, 0.3) is 5.91 Å². The van der Waals surface area contributed by atoms with E-state index in [1.165, 1.54) is 49.5 Å². The Hall–Kier alpha value is -3.13. The van der Waals surface area contributed by atoms with Crippen molar-refractivity contribution in [3.63, 3.8) is 0 Å². The average molecular weight is 395 g/mol. The van der Waals surface area contributed by atoms with E-state index in [4.69, 9.17) is 16.3 Å². The van der Waals surface area contributed by atoms with Crippen LogP contribution >= 0.6 is 11.6 Å². The standard InChI is InChI=1S/C18H16ClFN2O5/c1-22(9-16(24)21-13-5-3-12(20)4-6-13)17(25)10-27-18(26)14-8-11(19)2-7-15(14)23/h2-8,23H,9-10H2,1H3,(H,21,24). The van der Waals surface area contributed by atoms with E-state index in [0.717, 1.165) is 4.90 Å². The second-order valence-corrected chi connectivity index (χ2v) is 5.98. The first-order chi connectivity index (χ1) is 12.8. The topological polar surface area (TPSA) is 95.9 Å². The highest BCUT2D eigenvalue weighted by Crippen LogP contribution is 2.22. The molecule has 0 heterocycles. The van der Waals surface area contributed by atoms with Gasteiger partial charge in [0.15, 0.2) is 6.61 Å². The van der Waals surface area contributed by atoms with Crippen LogP contribution in [-0.2, 0) is 14.3 Å². The summed E-state index contributed by atoms with van der Waals surface area (Å²) in [5, 5.41) is 12.4. The molecule has 0 saturated heterocycles. The van der Waals surface area contributed by atoms with E-state index < -0.39 is 30.2 Å². The second kappa shape index (κ2) is 9.00. The molecule has 0 aliphatic carbocycles. The number of benzene rings is 2. The van der Waals surface area contributed by atoms with Gasteiger partial charge in [0.05, 0.1) is 6.54 Å². The molecule has 0 spiro atoms. The maximum atomic E-state index is 12.8. The van der Waals surface area contributed by atoms with Crippen LogP contribution in [0, 0.1) is 5.82 Å². The Morgan fingerprint density at radius 1 is 1.19 bits per heavy atom. The number of carbonyl (C=O) groups is 3. The minimum atomic E-state index is -0.924. The zero-order valence-electron chi connectivity index (χ0n) is 14.2. The number of amides is 2. The van der Waals surface area contributed by atoms with Gasteiger partial charge >= 0.3 is 5.97 Å². The van der Waals surface area contributed by atoms with Crippen molar-refractivity contribution in [2.75, 3.05) is 25.5 Å². The molecule has 0 saturated carbocycles. The van der Waals surface area contributed by atoms with Crippen LogP contribution in [-0.4, -0.2) is 48.0 Å². The van der Waals surface area contributed by atoms with Crippen molar-refractivity contribution < 1.29 is 28.6 Å². The molecule has 2 amide bonds. The Bertz CT molecular complexity index is 857. The van der Waals surface area contributed by atoms with E-state index in [-0.39, 0.29) is 22.9 Å². The van der Waals surface area contributed by atoms with Gasteiger partial charge in [-0.15, -0.1) is 0 Å². The smallest absolute Gasteiger partial charge is 0.342 e. The van der Waals surface area contributed by atoms with Crippen LogP contribution in [0.4, 0.5) is 10.1 Å². The number of hydrogen-bond acceptors (Lipinski definition) is 5. The quantitative estimate of drug-likeness (QED) is 0.734. The number of phenols is 1. The van der Waals surface area contributed by atoms with Gasteiger partial charge < -0.3 is 20.1 Å². The summed E-state index contributed by atoms with van der Waals surface area (Å²) < 4.78 is 17.7. The Kier molecular flexibility index (Phi) is 6.73. The maximum Gasteiger partial charge on any atom is 0.342 e. The molecule has 0 unspecified atom stereocenters. The summed E-state index contributed by atoms with van der Waals surface area (Å²) in [7, 11) is 1.36. The van der Waals surface area contributed by atoms with E-state index in [0.29, 0.717) is 5.69 Å². The SMILES string of the molecule is CN(CC(=O)Nc1ccc(F)cc1)C(=O)COC(=O)c1cc(Cl)ccc1O. The fourth-order valence-electron chi connectivity index (χ4n) is 2.02. The molecule has 142 valence electrons. The average Bonchev–Trinajstić information content (AvgIpc) is 2.63. The predicted molar refractivity (Wildman–Crippen MR) is 96.1 cm³/mol. The third kappa shape index (κ3) is 5.96. The van der Waals surface area contributed by atoms with E-state index in [1.807, 2.05) is 0 Å². The van der Waals surface area contributed by atoms with Crippen LogP contribution in [0.3, 0.4) is 0 Å². The monoisotopic (exact) mass is 394 g/mol.